The number of esters is 2. The summed E-state index contributed by atoms with van der Waals surface area (Å²) >= 11 is 0. The van der Waals surface area contributed by atoms with E-state index in [0.29, 0.717) is 24.2 Å². The Morgan fingerprint density at radius 2 is 1.00 bits per heavy atom. The van der Waals surface area contributed by atoms with Crippen molar-refractivity contribution in [3.63, 3.8) is 0 Å². The van der Waals surface area contributed by atoms with Gasteiger partial charge < -0.3 is 18.6 Å². The van der Waals surface area contributed by atoms with Crippen LogP contribution in [0.5, 0.6) is 0 Å². The summed E-state index contributed by atoms with van der Waals surface area (Å²) in [4.78, 5) is 23.1. The fraction of sp³-hybridized carbons (Fsp3) is 0.154. The molecule has 2 heterocycles. The predicted molar refractivity (Wildman–Crippen MR) is 122 cm³/mol. The molecule has 32 heavy (non-hydrogen) atoms. The molecule has 0 radical (unpaired) electrons. The van der Waals surface area contributed by atoms with Gasteiger partial charge in [0.25, 0.3) is 0 Å². The van der Waals surface area contributed by atoms with Crippen molar-refractivity contribution in [3.05, 3.63) is 108 Å². The van der Waals surface area contributed by atoms with E-state index in [2.05, 4.69) is 33.7 Å². The Hall–Kier alpha value is -4.06. The van der Waals surface area contributed by atoms with Crippen molar-refractivity contribution in [2.24, 2.45) is 0 Å². The van der Waals surface area contributed by atoms with Crippen molar-refractivity contribution in [3.8, 4) is 11.1 Å². The van der Waals surface area contributed by atoms with Crippen LogP contribution in [0.15, 0.2) is 85.5 Å². The van der Waals surface area contributed by atoms with Crippen LogP contribution in [0, 0.1) is 0 Å². The second-order valence-electron chi connectivity index (χ2n) is 7.52. The van der Waals surface area contributed by atoms with Gasteiger partial charge in [-0.25, -0.2) is 9.59 Å². The highest BCUT2D eigenvalue weighted by Crippen LogP contribution is 2.21. The second kappa shape index (κ2) is 9.39. The molecule has 6 heteroatoms. The molecule has 0 saturated carbocycles. The minimum Gasteiger partial charge on any atom is -0.465 e. The molecule has 0 fully saturated rings. The van der Waals surface area contributed by atoms with E-state index in [0.717, 1.165) is 22.3 Å². The first-order valence-electron chi connectivity index (χ1n) is 10.2. The third-order valence-corrected chi connectivity index (χ3v) is 5.31. The summed E-state index contributed by atoms with van der Waals surface area (Å²) in [6.45, 7) is 1.43. The summed E-state index contributed by atoms with van der Waals surface area (Å²) in [7, 11) is 2.76. The smallest absolute Gasteiger partial charge is 0.337 e. The van der Waals surface area contributed by atoms with Gasteiger partial charge in [-0.1, -0.05) is 24.3 Å². The number of hydrogen-bond donors (Lipinski definition) is 0. The summed E-state index contributed by atoms with van der Waals surface area (Å²) in [5.41, 5.74) is 5.57. The molecule has 0 aliphatic carbocycles. The van der Waals surface area contributed by atoms with E-state index < -0.39 is 0 Å². The SMILES string of the molecule is COC(=O)c1ccc(Cn2ccc(-c3ccn(Cc4ccc(C(=O)OC)cc4)c3)c2)cc1. The van der Waals surface area contributed by atoms with Crippen LogP contribution in [0.4, 0.5) is 0 Å². The summed E-state index contributed by atoms with van der Waals surface area (Å²) in [6.07, 6.45) is 8.32. The predicted octanol–water partition coefficient (Wildman–Crippen LogP) is 4.63. The van der Waals surface area contributed by atoms with Crippen molar-refractivity contribution >= 4 is 11.9 Å². The summed E-state index contributed by atoms with van der Waals surface area (Å²) < 4.78 is 13.7. The minimum atomic E-state index is -0.330. The molecule has 4 aromatic rings. The number of methoxy groups -OCH3 is 2. The number of hydrogen-bond acceptors (Lipinski definition) is 4. The Morgan fingerprint density at radius 3 is 1.34 bits per heavy atom. The number of rotatable bonds is 7. The third-order valence-electron chi connectivity index (χ3n) is 5.31. The molecule has 6 nitrogen and oxygen atoms in total. The lowest BCUT2D eigenvalue weighted by Gasteiger charge is -2.05. The van der Waals surface area contributed by atoms with Crippen molar-refractivity contribution in [1.82, 2.24) is 9.13 Å². The van der Waals surface area contributed by atoms with Crippen molar-refractivity contribution in [2.75, 3.05) is 14.2 Å². The standard InChI is InChI=1S/C26H24N2O4/c1-31-25(29)21-7-3-19(4-8-21)15-27-13-11-23(17-27)24-12-14-28(18-24)16-20-5-9-22(10-6-20)26(30)32-2/h3-14,17-18H,15-16H2,1-2H3. The summed E-state index contributed by atoms with van der Waals surface area (Å²) in [5.74, 6) is -0.660. The first kappa shape index (κ1) is 21.2. The molecular weight excluding hydrogens is 404 g/mol. The molecule has 0 unspecified atom stereocenters. The quantitative estimate of drug-likeness (QED) is 0.403. The molecule has 0 amide bonds. The highest BCUT2D eigenvalue weighted by molar-refractivity contribution is 5.89. The van der Waals surface area contributed by atoms with Gasteiger partial charge in [0, 0.05) is 49.0 Å². The number of nitrogens with zero attached hydrogens (tertiary/aromatic N) is 2. The Labute approximate surface area is 186 Å². The Kier molecular flexibility index (Phi) is 6.22. The van der Waals surface area contributed by atoms with Gasteiger partial charge in [0.1, 0.15) is 0 Å². The van der Waals surface area contributed by atoms with Crippen LogP contribution in [0.2, 0.25) is 0 Å². The molecule has 4 rings (SSSR count). The Morgan fingerprint density at radius 1 is 0.625 bits per heavy atom. The van der Waals surface area contributed by atoms with E-state index in [1.807, 2.05) is 36.7 Å². The van der Waals surface area contributed by atoms with Crippen molar-refractivity contribution in [2.45, 2.75) is 13.1 Å². The summed E-state index contributed by atoms with van der Waals surface area (Å²) in [6, 6.07) is 19.1. The van der Waals surface area contributed by atoms with Crippen LogP contribution in [0.25, 0.3) is 11.1 Å². The fourth-order valence-electron chi connectivity index (χ4n) is 3.57. The molecule has 2 aromatic carbocycles. The van der Waals surface area contributed by atoms with Crippen LogP contribution in [0.1, 0.15) is 31.8 Å². The summed E-state index contributed by atoms with van der Waals surface area (Å²) in [5, 5.41) is 0. The van der Waals surface area contributed by atoms with Gasteiger partial charge in [0.2, 0.25) is 0 Å². The van der Waals surface area contributed by atoms with E-state index in [1.54, 1.807) is 24.3 Å². The highest BCUT2D eigenvalue weighted by Gasteiger charge is 2.08. The maximum Gasteiger partial charge on any atom is 0.337 e. The van der Waals surface area contributed by atoms with Gasteiger partial charge in [0.05, 0.1) is 25.3 Å². The first-order chi connectivity index (χ1) is 15.6. The number of benzene rings is 2. The lowest BCUT2D eigenvalue weighted by atomic mass is 10.1. The molecule has 0 saturated heterocycles. The zero-order chi connectivity index (χ0) is 22.5. The minimum absolute atomic E-state index is 0.330. The zero-order valence-corrected chi connectivity index (χ0v) is 18.0. The van der Waals surface area contributed by atoms with Crippen molar-refractivity contribution in [1.29, 1.82) is 0 Å². The van der Waals surface area contributed by atoms with E-state index >= 15 is 0 Å². The van der Waals surface area contributed by atoms with Gasteiger partial charge in [0.15, 0.2) is 0 Å². The lowest BCUT2D eigenvalue weighted by molar-refractivity contribution is 0.0592. The maximum atomic E-state index is 11.6. The van der Waals surface area contributed by atoms with E-state index in [9.17, 15) is 9.59 Å². The van der Waals surface area contributed by atoms with Crippen LogP contribution in [-0.4, -0.2) is 35.3 Å². The number of carbonyl (C=O) groups excluding carboxylic acids is 2. The zero-order valence-electron chi connectivity index (χ0n) is 18.0. The third kappa shape index (κ3) is 4.81. The molecule has 0 spiro atoms. The van der Waals surface area contributed by atoms with Crippen molar-refractivity contribution < 1.29 is 19.1 Å². The van der Waals surface area contributed by atoms with Crippen LogP contribution >= 0.6 is 0 Å². The largest absolute Gasteiger partial charge is 0.465 e. The number of carbonyl (C=O) groups is 2. The fourth-order valence-corrected chi connectivity index (χ4v) is 3.57. The van der Waals surface area contributed by atoms with Gasteiger partial charge in [-0.05, 0) is 47.5 Å². The first-order valence-corrected chi connectivity index (χ1v) is 10.2. The average molecular weight is 428 g/mol. The molecule has 0 aliphatic heterocycles. The molecule has 0 aliphatic rings. The van der Waals surface area contributed by atoms with Gasteiger partial charge in [-0.3, -0.25) is 0 Å². The molecule has 0 atom stereocenters. The second-order valence-corrected chi connectivity index (χ2v) is 7.52. The van der Waals surface area contributed by atoms with Crippen LogP contribution < -0.4 is 0 Å². The Balaban J connectivity index is 1.40. The monoisotopic (exact) mass is 428 g/mol. The lowest BCUT2D eigenvalue weighted by Crippen LogP contribution is -2.02. The van der Waals surface area contributed by atoms with E-state index in [1.165, 1.54) is 14.2 Å². The van der Waals surface area contributed by atoms with Crippen LogP contribution in [-0.2, 0) is 22.6 Å². The number of ether oxygens (including phenoxy) is 2. The maximum absolute atomic E-state index is 11.6. The van der Waals surface area contributed by atoms with E-state index in [4.69, 9.17) is 9.47 Å². The number of aromatic nitrogens is 2. The molecular formula is C26H24N2O4. The van der Waals surface area contributed by atoms with Gasteiger partial charge >= 0.3 is 11.9 Å². The normalized spacial score (nSPS) is 10.7. The van der Waals surface area contributed by atoms with Gasteiger partial charge in [-0.2, -0.15) is 0 Å². The molecule has 2 aromatic heterocycles. The van der Waals surface area contributed by atoms with Crippen LogP contribution in [0.3, 0.4) is 0 Å². The average Bonchev–Trinajstić information content (AvgIpc) is 3.48. The molecule has 0 bridgehead atoms. The topological polar surface area (TPSA) is 62.5 Å². The highest BCUT2D eigenvalue weighted by atomic mass is 16.5. The van der Waals surface area contributed by atoms with E-state index in [-0.39, 0.29) is 11.9 Å². The molecule has 0 N–H and O–H groups in total. The molecule has 162 valence electrons. The van der Waals surface area contributed by atoms with Gasteiger partial charge in [-0.15, -0.1) is 0 Å². The Bertz CT molecular complexity index is 1120.